The Labute approximate surface area is 103 Å². The van der Waals surface area contributed by atoms with Crippen molar-refractivity contribution in [1.82, 2.24) is 15.0 Å². The molecular formula is C12H11FN4O. The summed E-state index contributed by atoms with van der Waals surface area (Å²) in [6.07, 6.45) is 0.449. The maximum atomic E-state index is 12.8. The first kappa shape index (κ1) is 12.2. The standard InChI is InChI=1S/C12H11FN4O/c13-10-3-1-9(2-4-10)7-12-11(8-18)15-16-17(12)6-5-14/h1-4,18H,6-8H2. The van der Waals surface area contributed by atoms with Crippen LogP contribution in [-0.4, -0.2) is 20.1 Å². The van der Waals surface area contributed by atoms with Gasteiger partial charge in [0.15, 0.2) is 0 Å². The third kappa shape index (κ3) is 2.52. The molecule has 1 aromatic heterocycles. The minimum absolute atomic E-state index is 0.0729. The molecule has 0 unspecified atom stereocenters. The van der Waals surface area contributed by atoms with Gasteiger partial charge in [-0.25, -0.2) is 9.07 Å². The van der Waals surface area contributed by atoms with E-state index in [1.165, 1.54) is 16.8 Å². The van der Waals surface area contributed by atoms with Crippen LogP contribution in [0, 0.1) is 17.1 Å². The first-order valence-corrected chi connectivity index (χ1v) is 5.38. The lowest BCUT2D eigenvalue weighted by atomic mass is 10.1. The average molecular weight is 246 g/mol. The summed E-state index contributed by atoms with van der Waals surface area (Å²) in [7, 11) is 0. The number of benzene rings is 1. The van der Waals surface area contributed by atoms with Gasteiger partial charge in [0.1, 0.15) is 18.1 Å². The van der Waals surface area contributed by atoms with Crippen molar-refractivity contribution in [3.8, 4) is 6.07 Å². The maximum absolute atomic E-state index is 12.8. The summed E-state index contributed by atoms with van der Waals surface area (Å²) >= 11 is 0. The van der Waals surface area contributed by atoms with Gasteiger partial charge in [0.2, 0.25) is 0 Å². The maximum Gasteiger partial charge on any atom is 0.130 e. The SMILES string of the molecule is N#CCn1nnc(CO)c1Cc1ccc(F)cc1. The van der Waals surface area contributed by atoms with Gasteiger partial charge in [-0.05, 0) is 17.7 Å². The summed E-state index contributed by atoms with van der Waals surface area (Å²) in [4.78, 5) is 0. The lowest BCUT2D eigenvalue weighted by molar-refractivity contribution is 0.275. The molecule has 0 aliphatic rings. The van der Waals surface area contributed by atoms with Crippen molar-refractivity contribution in [3.05, 3.63) is 47.0 Å². The molecule has 0 bridgehead atoms. The molecule has 18 heavy (non-hydrogen) atoms. The molecule has 2 rings (SSSR count). The van der Waals surface area contributed by atoms with Crippen molar-refractivity contribution in [2.24, 2.45) is 0 Å². The lowest BCUT2D eigenvalue weighted by Crippen LogP contribution is -2.06. The lowest BCUT2D eigenvalue weighted by Gasteiger charge is -2.04. The zero-order chi connectivity index (χ0) is 13.0. The quantitative estimate of drug-likeness (QED) is 0.874. The van der Waals surface area contributed by atoms with Crippen molar-refractivity contribution in [1.29, 1.82) is 5.26 Å². The summed E-state index contributed by atoms with van der Waals surface area (Å²) < 4.78 is 14.2. The molecule has 0 fully saturated rings. The van der Waals surface area contributed by atoms with E-state index in [0.717, 1.165) is 5.56 Å². The average Bonchev–Trinajstić information content (AvgIpc) is 2.75. The Morgan fingerprint density at radius 2 is 2.06 bits per heavy atom. The fraction of sp³-hybridized carbons (Fsp3) is 0.250. The van der Waals surface area contributed by atoms with E-state index < -0.39 is 0 Å². The number of rotatable bonds is 4. The van der Waals surface area contributed by atoms with Gasteiger partial charge >= 0.3 is 0 Å². The van der Waals surface area contributed by atoms with Gasteiger partial charge in [-0.1, -0.05) is 17.3 Å². The molecule has 0 spiro atoms. The van der Waals surface area contributed by atoms with E-state index in [1.54, 1.807) is 12.1 Å². The zero-order valence-corrected chi connectivity index (χ0v) is 9.54. The Hall–Kier alpha value is -2.26. The summed E-state index contributed by atoms with van der Waals surface area (Å²) in [6.45, 7) is -0.161. The smallest absolute Gasteiger partial charge is 0.130 e. The molecule has 1 N–H and O–H groups in total. The second-order valence-corrected chi connectivity index (χ2v) is 3.76. The van der Waals surface area contributed by atoms with Gasteiger partial charge in [0.25, 0.3) is 0 Å². The van der Waals surface area contributed by atoms with E-state index in [9.17, 15) is 4.39 Å². The number of aromatic nitrogens is 3. The Kier molecular flexibility index (Phi) is 3.65. The number of aliphatic hydroxyl groups excluding tert-OH is 1. The van der Waals surface area contributed by atoms with E-state index in [1.807, 2.05) is 6.07 Å². The largest absolute Gasteiger partial charge is 0.390 e. The van der Waals surface area contributed by atoms with Crippen LogP contribution in [0.4, 0.5) is 4.39 Å². The Morgan fingerprint density at radius 3 is 2.67 bits per heavy atom. The van der Waals surface area contributed by atoms with Crippen LogP contribution < -0.4 is 0 Å². The first-order chi connectivity index (χ1) is 8.74. The van der Waals surface area contributed by atoms with Gasteiger partial charge in [-0.15, -0.1) is 5.10 Å². The second kappa shape index (κ2) is 5.38. The molecule has 5 nitrogen and oxygen atoms in total. The summed E-state index contributed by atoms with van der Waals surface area (Å²) in [5.41, 5.74) is 1.98. The van der Waals surface area contributed by atoms with Gasteiger partial charge in [0.05, 0.1) is 18.4 Å². The third-order valence-electron chi connectivity index (χ3n) is 2.57. The number of aliphatic hydroxyl groups is 1. The monoisotopic (exact) mass is 246 g/mol. The fourth-order valence-corrected chi connectivity index (χ4v) is 1.67. The van der Waals surface area contributed by atoms with Gasteiger partial charge in [0, 0.05) is 6.42 Å². The summed E-state index contributed by atoms with van der Waals surface area (Å²) in [5.74, 6) is -0.301. The predicted molar refractivity (Wildman–Crippen MR) is 60.8 cm³/mol. The fourth-order valence-electron chi connectivity index (χ4n) is 1.67. The van der Waals surface area contributed by atoms with Crippen LogP contribution in [0.1, 0.15) is 17.0 Å². The van der Waals surface area contributed by atoms with Crippen LogP contribution in [0.2, 0.25) is 0 Å². The van der Waals surface area contributed by atoms with E-state index >= 15 is 0 Å². The van der Waals surface area contributed by atoms with Crippen LogP contribution in [0.3, 0.4) is 0 Å². The predicted octanol–water partition coefficient (Wildman–Crippen LogP) is 1.02. The third-order valence-corrected chi connectivity index (χ3v) is 2.57. The highest BCUT2D eigenvalue weighted by Crippen LogP contribution is 2.13. The second-order valence-electron chi connectivity index (χ2n) is 3.76. The molecule has 6 heteroatoms. The van der Waals surface area contributed by atoms with Gasteiger partial charge in [-0.3, -0.25) is 0 Å². The van der Waals surface area contributed by atoms with Crippen molar-refractivity contribution < 1.29 is 9.50 Å². The molecule has 0 radical (unpaired) electrons. The van der Waals surface area contributed by atoms with Gasteiger partial charge < -0.3 is 5.11 Å². The first-order valence-electron chi connectivity index (χ1n) is 5.38. The highest BCUT2D eigenvalue weighted by molar-refractivity contribution is 5.24. The molecule has 0 saturated heterocycles. The van der Waals surface area contributed by atoms with Crippen LogP contribution in [0.5, 0.6) is 0 Å². The highest BCUT2D eigenvalue weighted by Gasteiger charge is 2.12. The van der Waals surface area contributed by atoms with Crippen LogP contribution >= 0.6 is 0 Å². The molecule has 1 aromatic carbocycles. The molecule has 92 valence electrons. The topological polar surface area (TPSA) is 74.7 Å². The van der Waals surface area contributed by atoms with Crippen molar-refractivity contribution in [2.75, 3.05) is 0 Å². The van der Waals surface area contributed by atoms with E-state index in [-0.39, 0.29) is 19.0 Å². The summed E-state index contributed by atoms with van der Waals surface area (Å²) in [5, 5.41) is 25.4. The Balaban J connectivity index is 2.29. The van der Waals surface area contributed by atoms with E-state index in [2.05, 4.69) is 10.3 Å². The number of hydrogen-bond acceptors (Lipinski definition) is 4. The van der Waals surface area contributed by atoms with Crippen molar-refractivity contribution in [2.45, 2.75) is 19.6 Å². The Morgan fingerprint density at radius 1 is 1.33 bits per heavy atom. The van der Waals surface area contributed by atoms with Crippen molar-refractivity contribution in [3.63, 3.8) is 0 Å². The highest BCUT2D eigenvalue weighted by atomic mass is 19.1. The normalized spacial score (nSPS) is 10.3. The molecular weight excluding hydrogens is 235 g/mol. The molecule has 0 atom stereocenters. The van der Waals surface area contributed by atoms with Gasteiger partial charge in [-0.2, -0.15) is 5.26 Å². The zero-order valence-electron chi connectivity index (χ0n) is 9.54. The molecule has 0 amide bonds. The summed E-state index contributed by atoms with van der Waals surface area (Å²) in [6, 6.07) is 8.02. The molecule has 0 aliphatic carbocycles. The van der Waals surface area contributed by atoms with Crippen LogP contribution in [-0.2, 0) is 19.6 Å². The molecule has 0 saturated carbocycles. The number of nitriles is 1. The number of hydrogen-bond donors (Lipinski definition) is 1. The molecule has 2 aromatic rings. The number of halogens is 1. The molecule has 0 aliphatic heterocycles. The Bertz CT molecular complexity index is 571. The van der Waals surface area contributed by atoms with E-state index in [4.69, 9.17) is 10.4 Å². The minimum atomic E-state index is -0.301. The van der Waals surface area contributed by atoms with Crippen molar-refractivity contribution >= 4 is 0 Å². The minimum Gasteiger partial charge on any atom is -0.390 e. The van der Waals surface area contributed by atoms with Crippen LogP contribution in [0.25, 0.3) is 0 Å². The van der Waals surface area contributed by atoms with Crippen LogP contribution in [0.15, 0.2) is 24.3 Å². The number of nitrogens with zero attached hydrogens (tertiary/aromatic N) is 4. The van der Waals surface area contributed by atoms with E-state index in [0.29, 0.717) is 17.8 Å². The molecule has 1 heterocycles.